The molecular weight excluding hydrogens is 180 g/mol. The summed E-state index contributed by atoms with van der Waals surface area (Å²) in [5, 5.41) is 0. The van der Waals surface area contributed by atoms with E-state index in [0.717, 1.165) is 5.56 Å². The van der Waals surface area contributed by atoms with Crippen LogP contribution in [0.3, 0.4) is 0 Å². The molecule has 0 bridgehead atoms. The highest BCUT2D eigenvalue weighted by Gasteiger charge is 1.98. The molecular formula is C15H15. The molecule has 0 aliphatic rings. The smallest absolute Gasteiger partial charge is 0.0181 e. The third-order valence-electron chi connectivity index (χ3n) is 2.79. The van der Waals surface area contributed by atoms with Gasteiger partial charge in [-0.2, -0.15) is 0 Å². The molecule has 2 rings (SSSR count). The molecule has 2 aromatic carbocycles. The molecule has 0 heterocycles. The molecule has 0 amide bonds. The van der Waals surface area contributed by atoms with Crippen molar-refractivity contribution in [1.82, 2.24) is 0 Å². The fourth-order valence-corrected chi connectivity index (χ4v) is 1.62. The van der Waals surface area contributed by atoms with Gasteiger partial charge in [0.15, 0.2) is 0 Å². The highest BCUT2D eigenvalue weighted by atomic mass is 14.0. The first kappa shape index (κ1) is 9.97. The fourth-order valence-electron chi connectivity index (χ4n) is 1.62. The van der Waals surface area contributed by atoms with Gasteiger partial charge in [0.1, 0.15) is 0 Å². The molecule has 0 unspecified atom stereocenters. The van der Waals surface area contributed by atoms with E-state index in [4.69, 9.17) is 0 Å². The minimum atomic E-state index is 1.06. The first-order valence-electron chi connectivity index (χ1n) is 5.16. The van der Waals surface area contributed by atoms with E-state index >= 15 is 0 Å². The van der Waals surface area contributed by atoms with E-state index in [9.17, 15) is 0 Å². The Hall–Kier alpha value is -1.56. The van der Waals surface area contributed by atoms with Crippen molar-refractivity contribution in [2.45, 2.75) is 13.8 Å². The van der Waals surface area contributed by atoms with Crippen molar-refractivity contribution in [2.75, 3.05) is 0 Å². The molecule has 2 aromatic rings. The summed E-state index contributed by atoms with van der Waals surface area (Å²) in [4.78, 5) is 0. The topological polar surface area (TPSA) is 0 Å². The van der Waals surface area contributed by atoms with Crippen molar-refractivity contribution < 1.29 is 0 Å². The molecule has 0 nitrogen and oxygen atoms in total. The summed E-state index contributed by atoms with van der Waals surface area (Å²) in [6.07, 6.45) is 0. The maximum absolute atomic E-state index is 3.89. The predicted molar refractivity (Wildman–Crippen MR) is 65.8 cm³/mol. The molecule has 0 heteroatoms. The van der Waals surface area contributed by atoms with E-state index in [-0.39, 0.29) is 0 Å². The maximum Gasteiger partial charge on any atom is -0.0181 e. The molecule has 0 aromatic heterocycles. The third kappa shape index (κ3) is 2.10. The highest BCUT2D eigenvalue weighted by molar-refractivity contribution is 5.65. The maximum atomic E-state index is 3.89. The van der Waals surface area contributed by atoms with Gasteiger partial charge in [-0.25, -0.2) is 0 Å². The van der Waals surface area contributed by atoms with Crippen molar-refractivity contribution in [2.24, 2.45) is 0 Å². The van der Waals surface area contributed by atoms with Crippen molar-refractivity contribution >= 4 is 0 Å². The number of rotatable bonds is 1. The summed E-state index contributed by atoms with van der Waals surface area (Å²) in [5.74, 6) is 0. The van der Waals surface area contributed by atoms with Crippen molar-refractivity contribution in [3.05, 3.63) is 66.1 Å². The van der Waals surface area contributed by atoms with Crippen LogP contribution in [-0.4, -0.2) is 0 Å². The van der Waals surface area contributed by atoms with Gasteiger partial charge in [0.25, 0.3) is 0 Å². The second-order valence-corrected chi connectivity index (χ2v) is 4.00. The summed E-state index contributed by atoms with van der Waals surface area (Å²) < 4.78 is 0. The molecule has 0 saturated carbocycles. The molecule has 0 spiro atoms. The number of hydrogen-bond acceptors (Lipinski definition) is 0. The Kier molecular flexibility index (Phi) is 2.59. The Morgan fingerprint density at radius 3 is 1.93 bits per heavy atom. The minimum absolute atomic E-state index is 1.06. The Balaban J connectivity index is 2.45. The lowest BCUT2D eigenvalue weighted by molar-refractivity contribution is 1.34. The van der Waals surface area contributed by atoms with Crippen LogP contribution in [0.4, 0.5) is 0 Å². The van der Waals surface area contributed by atoms with Gasteiger partial charge in [-0.15, -0.1) is 0 Å². The summed E-state index contributed by atoms with van der Waals surface area (Å²) in [6, 6.07) is 14.9. The van der Waals surface area contributed by atoms with Gasteiger partial charge < -0.3 is 0 Å². The van der Waals surface area contributed by atoms with Crippen LogP contribution in [0.25, 0.3) is 11.1 Å². The molecule has 15 heavy (non-hydrogen) atoms. The Morgan fingerprint density at radius 1 is 0.733 bits per heavy atom. The molecule has 0 fully saturated rings. The average Bonchev–Trinajstić information content (AvgIpc) is 2.23. The van der Waals surface area contributed by atoms with Crippen LogP contribution >= 0.6 is 0 Å². The van der Waals surface area contributed by atoms with Crippen LogP contribution in [0.5, 0.6) is 0 Å². The summed E-state index contributed by atoms with van der Waals surface area (Å²) in [5.41, 5.74) is 6.27. The van der Waals surface area contributed by atoms with E-state index in [1.807, 2.05) is 12.1 Å². The Bertz CT molecular complexity index is 464. The van der Waals surface area contributed by atoms with Crippen LogP contribution in [0.2, 0.25) is 0 Å². The van der Waals surface area contributed by atoms with Gasteiger partial charge in [0.05, 0.1) is 0 Å². The number of benzene rings is 2. The zero-order valence-corrected chi connectivity index (χ0v) is 9.25. The fraction of sp³-hybridized carbons (Fsp3) is 0.133. The van der Waals surface area contributed by atoms with Crippen LogP contribution in [0.15, 0.2) is 42.5 Å². The lowest BCUT2D eigenvalue weighted by Gasteiger charge is -2.05. The first-order chi connectivity index (χ1) is 7.16. The molecule has 0 atom stereocenters. The van der Waals surface area contributed by atoms with Crippen molar-refractivity contribution in [3.63, 3.8) is 0 Å². The second kappa shape index (κ2) is 3.90. The largest absolute Gasteiger partial charge is 0.0584 e. The lowest BCUT2D eigenvalue weighted by Crippen LogP contribution is -1.83. The van der Waals surface area contributed by atoms with Gasteiger partial charge in [-0.1, -0.05) is 42.5 Å². The van der Waals surface area contributed by atoms with Crippen molar-refractivity contribution in [3.8, 4) is 11.1 Å². The lowest BCUT2D eigenvalue weighted by atomic mass is 10.00. The van der Waals surface area contributed by atoms with E-state index in [1.54, 1.807) is 0 Å². The molecule has 1 radical (unpaired) electrons. The normalized spacial score (nSPS) is 10.3. The van der Waals surface area contributed by atoms with Gasteiger partial charge in [-0.05, 0) is 48.6 Å². The van der Waals surface area contributed by atoms with Gasteiger partial charge in [0, 0.05) is 0 Å². The van der Waals surface area contributed by atoms with Crippen LogP contribution in [0.1, 0.15) is 16.7 Å². The quantitative estimate of drug-likeness (QED) is 0.641. The number of hydrogen-bond donors (Lipinski definition) is 0. The van der Waals surface area contributed by atoms with E-state index in [0.29, 0.717) is 0 Å². The van der Waals surface area contributed by atoms with E-state index < -0.39 is 0 Å². The SMILES string of the molecule is [CH2]c1ccc(-c2ccc(C)c(C)c2)cc1. The predicted octanol–water partition coefficient (Wildman–Crippen LogP) is 4.15. The molecule has 0 saturated heterocycles. The monoisotopic (exact) mass is 195 g/mol. The van der Waals surface area contributed by atoms with Crippen molar-refractivity contribution in [1.29, 1.82) is 0 Å². The average molecular weight is 195 g/mol. The van der Waals surface area contributed by atoms with Crippen LogP contribution in [-0.2, 0) is 0 Å². The Labute approximate surface area is 91.6 Å². The standard InChI is InChI=1S/C15H15/c1-11-4-7-14(8-5-11)15-9-6-12(2)13(3)10-15/h4-10H,1H2,2-3H3. The summed E-state index contributed by atoms with van der Waals surface area (Å²) in [6.45, 7) is 8.17. The van der Waals surface area contributed by atoms with Crippen LogP contribution < -0.4 is 0 Å². The van der Waals surface area contributed by atoms with Gasteiger partial charge in [-0.3, -0.25) is 0 Å². The van der Waals surface area contributed by atoms with Gasteiger partial charge >= 0.3 is 0 Å². The molecule has 0 N–H and O–H groups in total. The van der Waals surface area contributed by atoms with Gasteiger partial charge in [0.2, 0.25) is 0 Å². The minimum Gasteiger partial charge on any atom is -0.0584 e. The summed E-state index contributed by atoms with van der Waals surface area (Å²) >= 11 is 0. The zero-order chi connectivity index (χ0) is 10.8. The summed E-state index contributed by atoms with van der Waals surface area (Å²) in [7, 11) is 0. The zero-order valence-electron chi connectivity index (χ0n) is 9.25. The molecule has 75 valence electrons. The molecule has 0 aliphatic carbocycles. The highest BCUT2D eigenvalue weighted by Crippen LogP contribution is 2.22. The second-order valence-electron chi connectivity index (χ2n) is 4.00. The third-order valence-corrected chi connectivity index (χ3v) is 2.79. The van der Waals surface area contributed by atoms with E-state index in [1.165, 1.54) is 22.3 Å². The first-order valence-corrected chi connectivity index (χ1v) is 5.16. The Morgan fingerprint density at radius 2 is 1.33 bits per heavy atom. The molecule has 0 aliphatic heterocycles. The van der Waals surface area contributed by atoms with Crippen LogP contribution in [0, 0.1) is 20.8 Å². The van der Waals surface area contributed by atoms with E-state index in [2.05, 4.69) is 51.1 Å². The number of aryl methyl sites for hydroxylation is 2.